The lowest BCUT2D eigenvalue weighted by Crippen LogP contribution is -2.49. The van der Waals surface area contributed by atoms with E-state index in [1.54, 1.807) is 0 Å². The fourth-order valence-corrected chi connectivity index (χ4v) is 3.60. The molecule has 0 radical (unpaired) electrons. The highest BCUT2D eigenvalue weighted by molar-refractivity contribution is 5.78. The van der Waals surface area contributed by atoms with Crippen molar-refractivity contribution in [2.45, 2.75) is 20.0 Å². The number of benzene rings is 2. The summed E-state index contributed by atoms with van der Waals surface area (Å²) in [5, 5.41) is 7.13. The number of carbonyl (C=O) groups excluding carboxylic acids is 1. The Balaban J connectivity index is 1.21. The predicted molar refractivity (Wildman–Crippen MR) is 114 cm³/mol. The van der Waals surface area contributed by atoms with E-state index >= 15 is 0 Å². The van der Waals surface area contributed by atoms with Crippen LogP contribution in [0.4, 0.5) is 0 Å². The fraction of sp³-hybridized carbons (Fsp3) is 0.348. The molecule has 3 aromatic rings. The van der Waals surface area contributed by atoms with Gasteiger partial charge >= 0.3 is 0 Å². The number of nitrogens with zero attached hydrogens (tertiary/aromatic N) is 4. The third-order valence-corrected chi connectivity index (χ3v) is 5.38. The molecular formula is C23H27N5O2. The molecule has 1 saturated heterocycles. The van der Waals surface area contributed by atoms with E-state index in [4.69, 9.17) is 4.52 Å². The molecule has 0 atom stereocenters. The first-order valence-electron chi connectivity index (χ1n) is 10.3. The number of aryl methyl sites for hydroxylation is 1. The number of amides is 1. The summed E-state index contributed by atoms with van der Waals surface area (Å²) in [5.74, 6) is 1.33. The zero-order valence-electron chi connectivity index (χ0n) is 17.3. The molecule has 0 saturated carbocycles. The number of rotatable bonds is 7. The molecule has 156 valence electrons. The van der Waals surface area contributed by atoms with Gasteiger partial charge in [0.05, 0.1) is 13.1 Å². The van der Waals surface area contributed by atoms with Crippen LogP contribution in [0.3, 0.4) is 0 Å². The van der Waals surface area contributed by atoms with E-state index in [0.717, 1.165) is 42.9 Å². The van der Waals surface area contributed by atoms with Gasteiger partial charge in [0.25, 0.3) is 0 Å². The second kappa shape index (κ2) is 9.65. The maximum atomic E-state index is 12.2. The normalized spacial score (nSPS) is 15.2. The van der Waals surface area contributed by atoms with Crippen LogP contribution in [-0.4, -0.2) is 58.6 Å². The van der Waals surface area contributed by atoms with Gasteiger partial charge in [-0.05, 0) is 18.1 Å². The van der Waals surface area contributed by atoms with Crippen LogP contribution in [0.1, 0.15) is 17.0 Å². The Morgan fingerprint density at radius 2 is 1.70 bits per heavy atom. The second-order valence-electron chi connectivity index (χ2n) is 7.64. The van der Waals surface area contributed by atoms with E-state index in [0.29, 0.717) is 31.3 Å². The summed E-state index contributed by atoms with van der Waals surface area (Å²) in [4.78, 5) is 21.3. The minimum atomic E-state index is 0.0621. The molecule has 0 spiro atoms. The summed E-state index contributed by atoms with van der Waals surface area (Å²) in [7, 11) is 0. The van der Waals surface area contributed by atoms with Crippen molar-refractivity contribution >= 4 is 5.91 Å². The minimum absolute atomic E-state index is 0.0621. The van der Waals surface area contributed by atoms with E-state index in [9.17, 15) is 4.79 Å². The number of carbonyl (C=O) groups is 1. The maximum absolute atomic E-state index is 12.2. The van der Waals surface area contributed by atoms with E-state index in [1.807, 2.05) is 61.5 Å². The summed E-state index contributed by atoms with van der Waals surface area (Å²) < 4.78 is 5.46. The average Bonchev–Trinajstić information content (AvgIpc) is 3.23. The molecule has 4 rings (SSSR count). The van der Waals surface area contributed by atoms with Gasteiger partial charge in [0, 0.05) is 38.3 Å². The van der Waals surface area contributed by atoms with E-state index in [-0.39, 0.29) is 5.91 Å². The van der Waals surface area contributed by atoms with Crippen LogP contribution in [0.5, 0.6) is 0 Å². The van der Waals surface area contributed by atoms with Crippen LogP contribution in [0.25, 0.3) is 11.4 Å². The van der Waals surface area contributed by atoms with Crippen LogP contribution < -0.4 is 5.32 Å². The molecule has 1 fully saturated rings. The third-order valence-electron chi connectivity index (χ3n) is 5.38. The molecule has 1 N–H and O–H groups in total. The Hall–Kier alpha value is -3.03. The molecular weight excluding hydrogens is 378 g/mol. The highest BCUT2D eigenvalue weighted by Crippen LogP contribution is 2.20. The monoisotopic (exact) mass is 405 g/mol. The topological polar surface area (TPSA) is 74.5 Å². The van der Waals surface area contributed by atoms with E-state index in [1.165, 1.54) is 0 Å². The Bertz CT molecular complexity index is 964. The van der Waals surface area contributed by atoms with Crippen LogP contribution >= 0.6 is 0 Å². The van der Waals surface area contributed by atoms with Crippen molar-refractivity contribution in [1.82, 2.24) is 25.3 Å². The zero-order chi connectivity index (χ0) is 20.8. The minimum Gasteiger partial charge on any atom is -0.351 e. The number of nitrogens with one attached hydrogen (secondary N) is 1. The summed E-state index contributed by atoms with van der Waals surface area (Å²) >= 11 is 0. The van der Waals surface area contributed by atoms with Gasteiger partial charge in [0.1, 0.15) is 0 Å². The first-order valence-corrected chi connectivity index (χ1v) is 10.3. The molecule has 0 bridgehead atoms. The summed E-state index contributed by atoms with van der Waals surface area (Å²) in [5.41, 5.74) is 3.24. The quantitative estimate of drug-likeness (QED) is 0.651. The van der Waals surface area contributed by atoms with Crippen molar-refractivity contribution in [3.63, 3.8) is 0 Å². The molecule has 0 aliphatic carbocycles. The van der Waals surface area contributed by atoms with Gasteiger partial charge in [-0.25, -0.2) is 0 Å². The first kappa shape index (κ1) is 20.3. The van der Waals surface area contributed by atoms with Crippen LogP contribution in [0.2, 0.25) is 0 Å². The summed E-state index contributed by atoms with van der Waals surface area (Å²) in [6.45, 7) is 7.10. The zero-order valence-corrected chi connectivity index (χ0v) is 17.3. The van der Waals surface area contributed by atoms with Crippen molar-refractivity contribution < 1.29 is 9.32 Å². The molecule has 0 unspecified atom stereocenters. The third kappa shape index (κ3) is 5.31. The average molecular weight is 406 g/mol. The van der Waals surface area contributed by atoms with Crippen molar-refractivity contribution in [2.24, 2.45) is 0 Å². The molecule has 1 aliphatic rings. The number of aromatic nitrogens is 2. The number of piperazine rings is 1. The highest BCUT2D eigenvalue weighted by Gasteiger charge is 2.21. The molecule has 7 heteroatoms. The van der Waals surface area contributed by atoms with Gasteiger partial charge in [-0.3, -0.25) is 14.6 Å². The van der Waals surface area contributed by atoms with Crippen molar-refractivity contribution in [3.8, 4) is 11.4 Å². The van der Waals surface area contributed by atoms with Crippen LogP contribution in [0, 0.1) is 6.92 Å². The van der Waals surface area contributed by atoms with Gasteiger partial charge in [-0.1, -0.05) is 59.8 Å². The molecule has 2 aromatic carbocycles. The maximum Gasteiger partial charge on any atom is 0.241 e. The Kier molecular flexibility index (Phi) is 6.51. The number of hydrogen-bond acceptors (Lipinski definition) is 6. The lowest BCUT2D eigenvalue weighted by Gasteiger charge is -2.33. The Morgan fingerprint density at radius 3 is 2.47 bits per heavy atom. The van der Waals surface area contributed by atoms with Crippen LogP contribution in [-0.2, 0) is 17.9 Å². The largest absolute Gasteiger partial charge is 0.351 e. The molecule has 7 nitrogen and oxygen atoms in total. The fourth-order valence-electron chi connectivity index (χ4n) is 3.60. The molecule has 30 heavy (non-hydrogen) atoms. The summed E-state index contributed by atoms with van der Waals surface area (Å²) in [6.07, 6.45) is 0. The molecule has 1 aromatic heterocycles. The standard InChI is InChI=1S/C23H27N5O2/c1-18-7-5-6-10-20(18)23-25-22(30-26-23)17-28-13-11-27(12-14-28)16-21(29)24-15-19-8-3-2-4-9-19/h2-10H,11-17H2,1H3,(H,24,29). The Labute approximate surface area is 176 Å². The van der Waals surface area contributed by atoms with Crippen molar-refractivity contribution in [2.75, 3.05) is 32.7 Å². The SMILES string of the molecule is Cc1ccccc1-c1noc(CN2CCN(CC(=O)NCc3ccccc3)CC2)n1. The highest BCUT2D eigenvalue weighted by atomic mass is 16.5. The molecule has 1 aliphatic heterocycles. The lowest BCUT2D eigenvalue weighted by atomic mass is 10.1. The van der Waals surface area contributed by atoms with Crippen LogP contribution in [0.15, 0.2) is 59.1 Å². The van der Waals surface area contributed by atoms with E-state index in [2.05, 4.69) is 25.3 Å². The smallest absolute Gasteiger partial charge is 0.241 e. The first-order chi connectivity index (χ1) is 14.7. The lowest BCUT2D eigenvalue weighted by molar-refractivity contribution is -0.122. The van der Waals surface area contributed by atoms with Gasteiger partial charge in [0.15, 0.2) is 0 Å². The van der Waals surface area contributed by atoms with Gasteiger partial charge in [-0.15, -0.1) is 0 Å². The number of hydrogen-bond donors (Lipinski definition) is 1. The van der Waals surface area contributed by atoms with Crippen molar-refractivity contribution in [3.05, 3.63) is 71.6 Å². The predicted octanol–water partition coefficient (Wildman–Crippen LogP) is 2.48. The van der Waals surface area contributed by atoms with Gasteiger partial charge < -0.3 is 9.84 Å². The van der Waals surface area contributed by atoms with E-state index < -0.39 is 0 Å². The summed E-state index contributed by atoms with van der Waals surface area (Å²) in [6, 6.07) is 18.0. The second-order valence-corrected chi connectivity index (χ2v) is 7.64. The van der Waals surface area contributed by atoms with Crippen molar-refractivity contribution in [1.29, 1.82) is 0 Å². The Morgan fingerprint density at radius 1 is 1.00 bits per heavy atom. The van der Waals surface area contributed by atoms with Gasteiger partial charge in [0.2, 0.25) is 17.6 Å². The van der Waals surface area contributed by atoms with Gasteiger partial charge in [-0.2, -0.15) is 4.98 Å². The molecule has 2 heterocycles. The molecule has 1 amide bonds.